The molecule has 2 aromatic rings. The Bertz CT molecular complexity index is 739. The van der Waals surface area contributed by atoms with Gasteiger partial charge in [0.05, 0.1) is 12.2 Å². The van der Waals surface area contributed by atoms with Gasteiger partial charge in [-0.15, -0.1) is 11.3 Å². The van der Waals surface area contributed by atoms with Gasteiger partial charge in [-0.25, -0.2) is 13.4 Å². The summed E-state index contributed by atoms with van der Waals surface area (Å²) in [5.74, 6) is 0.748. The van der Waals surface area contributed by atoms with Crippen LogP contribution in [0.2, 0.25) is 0 Å². The number of aryl methyl sites for hydroxylation is 1. The van der Waals surface area contributed by atoms with Crippen LogP contribution in [0.25, 0.3) is 0 Å². The van der Waals surface area contributed by atoms with Crippen LogP contribution in [0.1, 0.15) is 38.0 Å². The van der Waals surface area contributed by atoms with E-state index < -0.39 is 10.0 Å². The fourth-order valence-electron chi connectivity index (χ4n) is 1.73. The molecule has 0 aliphatic heterocycles. The number of nitrogens with zero attached hydrogens (tertiary/aromatic N) is 1. The molecule has 21 heavy (non-hydrogen) atoms. The van der Waals surface area contributed by atoms with Crippen LogP contribution in [0.15, 0.2) is 20.8 Å². The minimum absolute atomic E-state index is 0.0930. The molecule has 0 aromatic carbocycles. The molecule has 8 heteroatoms. The normalized spacial score (nSPS) is 12.6. The average Bonchev–Trinajstić information content (AvgIpc) is 2.94. The first-order valence-corrected chi connectivity index (χ1v) is 8.78. The molecule has 2 heterocycles. The van der Waals surface area contributed by atoms with Crippen molar-refractivity contribution in [1.82, 2.24) is 4.98 Å². The van der Waals surface area contributed by atoms with Gasteiger partial charge in [0.1, 0.15) is 16.4 Å². The highest BCUT2D eigenvalue weighted by atomic mass is 32.2. The highest BCUT2D eigenvalue weighted by Crippen LogP contribution is 2.28. The second-order valence-electron chi connectivity index (χ2n) is 5.73. The predicted molar refractivity (Wildman–Crippen MR) is 83.0 cm³/mol. The van der Waals surface area contributed by atoms with Crippen LogP contribution in [-0.2, 0) is 22.0 Å². The van der Waals surface area contributed by atoms with E-state index in [2.05, 4.69) is 9.71 Å². The lowest BCUT2D eigenvalue weighted by molar-refractivity contribution is 0.479. The summed E-state index contributed by atoms with van der Waals surface area (Å²) < 4.78 is 32.5. The molecule has 2 aromatic heterocycles. The summed E-state index contributed by atoms with van der Waals surface area (Å²) in [7, 11) is -3.72. The molecule has 0 amide bonds. The van der Waals surface area contributed by atoms with Crippen LogP contribution in [0.4, 0.5) is 5.13 Å². The first-order valence-electron chi connectivity index (χ1n) is 6.41. The summed E-state index contributed by atoms with van der Waals surface area (Å²) >= 11 is 1.26. The summed E-state index contributed by atoms with van der Waals surface area (Å²) in [6.45, 7) is 7.81. The van der Waals surface area contributed by atoms with E-state index in [1.807, 2.05) is 26.2 Å². The molecule has 3 N–H and O–H groups in total. The van der Waals surface area contributed by atoms with Gasteiger partial charge in [-0.05, 0) is 6.92 Å². The lowest BCUT2D eigenvalue weighted by atomic mass is 9.93. The third kappa shape index (κ3) is 3.45. The monoisotopic (exact) mass is 329 g/mol. The van der Waals surface area contributed by atoms with Crippen LogP contribution in [0.5, 0.6) is 0 Å². The predicted octanol–water partition coefficient (Wildman–Crippen LogP) is 2.60. The van der Waals surface area contributed by atoms with Gasteiger partial charge in [0, 0.05) is 16.9 Å². The molecule has 0 saturated heterocycles. The Hall–Kier alpha value is -1.38. The summed E-state index contributed by atoms with van der Waals surface area (Å²) in [6, 6.07) is 1.44. The average molecular weight is 329 g/mol. The number of rotatable bonds is 4. The van der Waals surface area contributed by atoms with Gasteiger partial charge in [-0.2, -0.15) is 0 Å². The fraction of sp³-hybridized carbons (Fsp3) is 0.462. The van der Waals surface area contributed by atoms with E-state index in [0.29, 0.717) is 16.7 Å². The number of furan rings is 1. The van der Waals surface area contributed by atoms with Gasteiger partial charge in [0.15, 0.2) is 5.13 Å². The molecule has 0 saturated carbocycles. The lowest BCUT2D eigenvalue weighted by Gasteiger charge is -2.14. The molecular weight excluding hydrogens is 310 g/mol. The molecule has 0 atom stereocenters. The molecule has 6 nitrogen and oxygen atoms in total. The number of hydrogen-bond donors (Lipinski definition) is 2. The maximum atomic E-state index is 12.4. The van der Waals surface area contributed by atoms with E-state index in [9.17, 15) is 8.42 Å². The van der Waals surface area contributed by atoms with Crippen LogP contribution >= 0.6 is 11.3 Å². The van der Waals surface area contributed by atoms with E-state index in [1.165, 1.54) is 17.4 Å². The number of nitrogens with two attached hydrogens (primary N) is 1. The maximum Gasteiger partial charge on any atom is 0.267 e. The van der Waals surface area contributed by atoms with Gasteiger partial charge in [-0.1, -0.05) is 20.8 Å². The zero-order chi connectivity index (χ0) is 15.8. The molecule has 0 radical (unpaired) electrons. The topological polar surface area (TPSA) is 98.2 Å². The SMILES string of the molecule is Cc1oc(CN)cc1S(=O)(=O)Nc1nc(C(C)(C)C)cs1. The Kier molecular flexibility index (Phi) is 4.14. The molecular formula is C13H19N3O3S2. The van der Waals surface area contributed by atoms with Crippen LogP contribution in [0.3, 0.4) is 0 Å². The van der Waals surface area contributed by atoms with Crippen molar-refractivity contribution in [3.8, 4) is 0 Å². The Morgan fingerprint density at radius 2 is 2.10 bits per heavy atom. The standard InChI is InChI=1S/C13H19N3O3S2/c1-8-10(5-9(6-14)19-8)21(17,18)16-12-15-11(7-20-12)13(2,3)4/h5,7H,6,14H2,1-4H3,(H,15,16). The molecule has 0 bridgehead atoms. The maximum absolute atomic E-state index is 12.4. The Labute approximate surface area is 128 Å². The van der Waals surface area contributed by atoms with Crippen molar-refractivity contribution < 1.29 is 12.8 Å². The summed E-state index contributed by atoms with van der Waals surface area (Å²) in [6.07, 6.45) is 0. The van der Waals surface area contributed by atoms with E-state index in [-0.39, 0.29) is 16.9 Å². The van der Waals surface area contributed by atoms with E-state index >= 15 is 0 Å². The van der Waals surface area contributed by atoms with Crippen molar-refractivity contribution in [3.63, 3.8) is 0 Å². The van der Waals surface area contributed by atoms with E-state index in [4.69, 9.17) is 10.2 Å². The second-order valence-corrected chi connectivity index (χ2v) is 8.24. The van der Waals surface area contributed by atoms with Gasteiger partial charge in [-0.3, -0.25) is 4.72 Å². The quantitative estimate of drug-likeness (QED) is 0.898. The molecule has 0 spiro atoms. The fourth-order valence-corrected chi connectivity index (χ4v) is 4.12. The van der Waals surface area contributed by atoms with E-state index in [1.54, 1.807) is 6.92 Å². The molecule has 116 valence electrons. The number of aromatic nitrogens is 1. The third-order valence-corrected chi connectivity index (χ3v) is 5.24. The van der Waals surface area contributed by atoms with Gasteiger partial charge >= 0.3 is 0 Å². The minimum Gasteiger partial charge on any atom is -0.464 e. The molecule has 0 fully saturated rings. The van der Waals surface area contributed by atoms with E-state index in [0.717, 1.165) is 5.69 Å². The molecule has 0 aliphatic rings. The van der Waals surface area contributed by atoms with Crippen molar-refractivity contribution in [2.45, 2.75) is 44.6 Å². The Morgan fingerprint density at radius 3 is 2.57 bits per heavy atom. The third-order valence-electron chi connectivity index (χ3n) is 2.91. The van der Waals surface area contributed by atoms with Crippen LogP contribution in [0, 0.1) is 6.92 Å². The minimum atomic E-state index is -3.72. The smallest absolute Gasteiger partial charge is 0.267 e. The summed E-state index contributed by atoms with van der Waals surface area (Å²) in [5.41, 5.74) is 6.18. The molecule has 0 unspecified atom stereocenters. The first-order chi connectivity index (χ1) is 9.63. The Morgan fingerprint density at radius 1 is 1.43 bits per heavy atom. The summed E-state index contributed by atoms with van der Waals surface area (Å²) in [4.78, 5) is 4.41. The summed E-state index contributed by atoms with van der Waals surface area (Å²) in [5, 5.41) is 2.19. The van der Waals surface area contributed by atoms with Crippen molar-refractivity contribution in [3.05, 3.63) is 28.7 Å². The van der Waals surface area contributed by atoms with Crippen molar-refractivity contribution in [1.29, 1.82) is 0 Å². The number of nitrogens with one attached hydrogen (secondary N) is 1. The van der Waals surface area contributed by atoms with Crippen LogP contribution < -0.4 is 10.5 Å². The van der Waals surface area contributed by atoms with Crippen molar-refractivity contribution >= 4 is 26.5 Å². The van der Waals surface area contributed by atoms with Gasteiger partial charge in [0.2, 0.25) is 0 Å². The highest BCUT2D eigenvalue weighted by molar-refractivity contribution is 7.93. The first kappa shape index (κ1) is 16.0. The zero-order valence-corrected chi connectivity index (χ0v) is 14.1. The lowest BCUT2D eigenvalue weighted by Crippen LogP contribution is -2.15. The number of sulfonamides is 1. The highest BCUT2D eigenvalue weighted by Gasteiger charge is 2.24. The van der Waals surface area contributed by atoms with Crippen LogP contribution in [-0.4, -0.2) is 13.4 Å². The largest absolute Gasteiger partial charge is 0.464 e. The van der Waals surface area contributed by atoms with Gasteiger partial charge < -0.3 is 10.2 Å². The molecule has 0 aliphatic carbocycles. The number of hydrogen-bond acceptors (Lipinski definition) is 6. The second kappa shape index (κ2) is 5.43. The Balaban J connectivity index is 2.29. The molecule has 2 rings (SSSR count). The van der Waals surface area contributed by atoms with Crippen molar-refractivity contribution in [2.24, 2.45) is 5.73 Å². The van der Waals surface area contributed by atoms with Gasteiger partial charge in [0.25, 0.3) is 10.0 Å². The van der Waals surface area contributed by atoms with Crippen molar-refractivity contribution in [2.75, 3.05) is 4.72 Å². The number of anilines is 1. The zero-order valence-electron chi connectivity index (χ0n) is 12.4. The number of thiazole rings is 1.